The number of aliphatic imine (C=N–C) groups is 1. The fraction of sp³-hybridized carbons (Fsp3) is 0.345. The third kappa shape index (κ3) is 4.83. The number of nitrogens with one attached hydrogen (secondary N) is 1. The molecule has 5 rings (SSSR count). The average molecular weight is 520 g/mol. The monoisotopic (exact) mass is 519 g/mol. The average Bonchev–Trinajstić information content (AvgIpc) is 2.89. The van der Waals surface area contributed by atoms with Gasteiger partial charge in [0.15, 0.2) is 11.5 Å². The molecule has 0 aromatic heterocycles. The predicted molar refractivity (Wildman–Crippen MR) is 147 cm³/mol. The number of aryl methyl sites for hydroxylation is 2. The molecule has 37 heavy (non-hydrogen) atoms. The lowest BCUT2D eigenvalue weighted by Crippen LogP contribution is -2.41. The Morgan fingerprint density at radius 2 is 1.68 bits per heavy atom. The maximum Gasteiger partial charge on any atom is 0.261 e. The lowest BCUT2D eigenvalue weighted by molar-refractivity contribution is 0.227. The zero-order valence-electron chi connectivity index (χ0n) is 21.9. The summed E-state index contributed by atoms with van der Waals surface area (Å²) in [6.07, 6.45) is 0.956. The summed E-state index contributed by atoms with van der Waals surface area (Å²) in [6.45, 7) is 5.73. The van der Waals surface area contributed by atoms with Gasteiger partial charge in [0.1, 0.15) is 0 Å². The molecule has 0 unspecified atom stereocenters. The first-order chi connectivity index (χ1) is 17.7. The number of nitrogens with zero attached hydrogens (tertiary/aromatic N) is 2. The summed E-state index contributed by atoms with van der Waals surface area (Å²) in [7, 11) is 1.69. The molecule has 7 nitrogen and oxygen atoms in total. The van der Waals surface area contributed by atoms with Crippen molar-refractivity contribution in [2.45, 2.75) is 37.1 Å². The molecule has 2 aliphatic rings. The minimum absolute atomic E-state index is 0.144. The molecular formula is C29H33N3O4S. The van der Waals surface area contributed by atoms with Crippen LogP contribution >= 0.6 is 0 Å². The van der Waals surface area contributed by atoms with E-state index in [0.717, 1.165) is 47.5 Å². The van der Waals surface area contributed by atoms with Crippen molar-refractivity contribution in [3.63, 3.8) is 0 Å². The Hall–Kier alpha value is -3.36. The number of anilines is 1. The van der Waals surface area contributed by atoms with Crippen molar-refractivity contribution in [3.05, 3.63) is 82.4 Å². The molecule has 1 saturated heterocycles. The predicted octanol–water partition coefficient (Wildman–Crippen LogP) is 4.76. The summed E-state index contributed by atoms with van der Waals surface area (Å²) in [5, 5.41) is 0. The largest absolute Gasteiger partial charge is 0.493 e. The van der Waals surface area contributed by atoms with Crippen LogP contribution in [0.1, 0.15) is 40.2 Å². The number of rotatable bonds is 6. The maximum atomic E-state index is 13.1. The van der Waals surface area contributed by atoms with Gasteiger partial charge in [-0.15, -0.1) is 0 Å². The molecule has 0 radical (unpaired) electrons. The number of ether oxygens (including phenoxy) is 2. The SMILES string of the molecule is COc1cc2c(cc1OC)[C@H]1CN(C)CC[C@H]1N=C2c1ccc(C)c(NS(=O)(=O)c2ccc(C)cc2)c1. The fourth-order valence-electron chi connectivity index (χ4n) is 5.24. The van der Waals surface area contributed by atoms with Crippen molar-refractivity contribution in [3.8, 4) is 11.5 Å². The minimum atomic E-state index is -3.74. The second-order valence-electron chi connectivity index (χ2n) is 9.95. The van der Waals surface area contributed by atoms with Gasteiger partial charge in [-0.2, -0.15) is 0 Å². The summed E-state index contributed by atoms with van der Waals surface area (Å²) in [5.74, 6) is 1.59. The van der Waals surface area contributed by atoms with Gasteiger partial charge in [0.2, 0.25) is 0 Å². The van der Waals surface area contributed by atoms with Crippen molar-refractivity contribution >= 4 is 21.4 Å². The van der Waals surface area contributed by atoms with Gasteiger partial charge in [0.05, 0.1) is 36.6 Å². The minimum Gasteiger partial charge on any atom is -0.493 e. The van der Waals surface area contributed by atoms with Crippen LogP contribution in [0.25, 0.3) is 0 Å². The first-order valence-corrected chi connectivity index (χ1v) is 13.9. The Balaban J connectivity index is 1.59. The highest BCUT2D eigenvalue weighted by Crippen LogP contribution is 2.42. The molecule has 0 aliphatic carbocycles. The number of hydrogen-bond donors (Lipinski definition) is 1. The van der Waals surface area contributed by atoms with Crippen LogP contribution in [0.3, 0.4) is 0 Å². The van der Waals surface area contributed by atoms with Crippen LogP contribution in [-0.4, -0.2) is 59.4 Å². The lowest BCUT2D eigenvalue weighted by Gasteiger charge is -2.39. The molecule has 8 heteroatoms. The van der Waals surface area contributed by atoms with Gasteiger partial charge in [-0.05, 0) is 75.3 Å². The van der Waals surface area contributed by atoms with Crippen LogP contribution in [0.4, 0.5) is 5.69 Å². The molecule has 2 aliphatic heterocycles. The van der Waals surface area contributed by atoms with Crippen LogP contribution in [0.2, 0.25) is 0 Å². The number of sulfonamides is 1. The molecule has 1 N–H and O–H groups in total. The highest BCUT2D eigenvalue weighted by Gasteiger charge is 2.36. The van der Waals surface area contributed by atoms with E-state index in [4.69, 9.17) is 14.5 Å². The third-order valence-electron chi connectivity index (χ3n) is 7.37. The van der Waals surface area contributed by atoms with Gasteiger partial charge in [-0.1, -0.05) is 29.8 Å². The smallest absolute Gasteiger partial charge is 0.261 e. The van der Waals surface area contributed by atoms with E-state index in [1.165, 1.54) is 5.56 Å². The van der Waals surface area contributed by atoms with Gasteiger partial charge in [-0.3, -0.25) is 9.71 Å². The van der Waals surface area contributed by atoms with Gasteiger partial charge >= 0.3 is 0 Å². The molecule has 0 bridgehead atoms. The Bertz CT molecular complexity index is 1470. The number of methoxy groups -OCH3 is 2. The normalized spacial score (nSPS) is 19.4. The van der Waals surface area contributed by atoms with Crippen molar-refractivity contribution in [1.82, 2.24) is 4.90 Å². The zero-order chi connectivity index (χ0) is 26.3. The van der Waals surface area contributed by atoms with E-state index in [1.807, 2.05) is 38.1 Å². The van der Waals surface area contributed by atoms with Crippen molar-refractivity contribution < 1.29 is 17.9 Å². The molecule has 1 fully saturated rings. The summed E-state index contributed by atoms with van der Waals surface area (Å²) in [6, 6.07) is 16.9. The van der Waals surface area contributed by atoms with Crippen molar-refractivity contribution in [2.24, 2.45) is 4.99 Å². The molecule has 3 aromatic rings. The number of likely N-dealkylation sites (N-methyl/N-ethyl adjacent to an activating group) is 1. The lowest BCUT2D eigenvalue weighted by atomic mass is 9.79. The Morgan fingerprint density at radius 1 is 0.973 bits per heavy atom. The number of benzene rings is 3. The first kappa shape index (κ1) is 25.3. The highest BCUT2D eigenvalue weighted by atomic mass is 32.2. The van der Waals surface area contributed by atoms with E-state index >= 15 is 0 Å². The van der Waals surface area contributed by atoms with E-state index < -0.39 is 10.0 Å². The van der Waals surface area contributed by atoms with Crippen LogP contribution in [-0.2, 0) is 10.0 Å². The van der Waals surface area contributed by atoms with Gasteiger partial charge in [0, 0.05) is 23.6 Å². The summed E-state index contributed by atoms with van der Waals surface area (Å²) >= 11 is 0. The molecule has 2 atom stereocenters. The Kier molecular flexibility index (Phi) is 6.72. The highest BCUT2D eigenvalue weighted by molar-refractivity contribution is 7.92. The van der Waals surface area contributed by atoms with Gasteiger partial charge in [-0.25, -0.2) is 8.42 Å². The summed E-state index contributed by atoms with van der Waals surface area (Å²) in [4.78, 5) is 7.80. The van der Waals surface area contributed by atoms with Crippen LogP contribution in [0.5, 0.6) is 11.5 Å². The topological polar surface area (TPSA) is 80.2 Å². The second kappa shape index (κ2) is 9.84. The third-order valence-corrected chi connectivity index (χ3v) is 8.75. The van der Waals surface area contributed by atoms with Crippen LogP contribution < -0.4 is 14.2 Å². The molecule has 0 spiro atoms. The molecular weight excluding hydrogens is 486 g/mol. The Morgan fingerprint density at radius 3 is 2.38 bits per heavy atom. The fourth-order valence-corrected chi connectivity index (χ4v) is 6.36. The number of fused-ring (bicyclic) bond motifs is 3. The zero-order valence-corrected chi connectivity index (χ0v) is 22.7. The van der Waals surface area contributed by atoms with Crippen molar-refractivity contribution in [2.75, 3.05) is 39.1 Å². The molecule has 2 heterocycles. The summed E-state index contributed by atoms with van der Waals surface area (Å²) in [5.41, 5.74) is 6.25. The van der Waals surface area contributed by atoms with Crippen LogP contribution in [0, 0.1) is 13.8 Å². The quantitative estimate of drug-likeness (QED) is 0.508. The van der Waals surface area contributed by atoms with E-state index in [-0.39, 0.29) is 16.9 Å². The molecule has 0 amide bonds. The van der Waals surface area contributed by atoms with Crippen LogP contribution in [0.15, 0.2) is 64.5 Å². The molecule has 0 saturated carbocycles. The van der Waals surface area contributed by atoms with E-state index in [2.05, 4.69) is 22.7 Å². The first-order valence-electron chi connectivity index (χ1n) is 12.4. The molecule has 3 aromatic carbocycles. The maximum absolute atomic E-state index is 13.1. The molecule has 194 valence electrons. The van der Waals surface area contributed by atoms with E-state index in [9.17, 15) is 8.42 Å². The summed E-state index contributed by atoms with van der Waals surface area (Å²) < 4.78 is 40.4. The standard InChI is InChI=1S/C29H33N3O4S/c1-18-6-10-21(11-7-18)37(33,34)31-26-14-20(9-8-19(26)2)29-23-16-28(36-5)27(35-4)15-22(23)24-17-32(3)13-12-25(24)30-29/h6-11,14-16,24-25,31H,12-13,17H2,1-5H3/t24-,25-/m1/s1. The van der Waals surface area contributed by atoms with Gasteiger partial charge < -0.3 is 14.4 Å². The van der Waals surface area contributed by atoms with E-state index in [0.29, 0.717) is 17.2 Å². The van der Waals surface area contributed by atoms with E-state index in [1.54, 1.807) is 38.5 Å². The van der Waals surface area contributed by atoms with Gasteiger partial charge in [0.25, 0.3) is 10.0 Å². The second-order valence-corrected chi connectivity index (χ2v) is 11.6. The Labute approximate surface area is 219 Å². The van der Waals surface area contributed by atoms with Crippen molar-refractivity contribution in [1.29, 1.82) is 0 Å². The number of hydrogen-bond acceptors (Lipinski definition) is 6. The number of likely N-dealkylation sites (tertiary alicyclic amines) is 1. The number of piperidine rings is 1.